The molecule has 0 fully saturated rings. The molecule has 0 radical (unpaired) electrons. The lowest BCUT2D eigenvalue weighted by Gasteiger charge is -2.04. The molecule has 0 saturated carbocycles. The van der Waals surface area contributed by atoms with Gasteiger partial charge in [0.15, 0.2) is 0 Å². The van der Waals surface area contributed by atoms with Crippen LogP contribution in [-0.2, 0) is 0 Å². The van der Waals surface area contributed by atoms with Crippen molar-refractivity contribution in [2.75, 3.05) is 7.11 Å². The van der Waals surface area contributed by atoms with Gasteiger partial charge < -0.3 is 4.74 Å². The van der Waals surface area contributed by atoms with E-state index in [4.69, 9.17) is 4.74 Å². The molecule has 3 aromatic rings. The minimum atomic E-state index is -0.260. The molecule has 0 aromatic heterocycles. The van der Waals surface area contributed by atoms with Crippen molar-refractivity contribution in [3.63, 3.8) is 0 Å². The maximum absolute atomic E-state index is 12.1. The lowest BCUT2D eigenvalue weighted by Crippen LogP contribution is -2.18. The third-order valence-corrected chi connectivity index (χ3v) is 4.26. The highest BCUT2D eigenvalue weighted by atomic mass is 79.9. The van der Waals surface area contributed by atoms with E-state index in [0.29, 0.717) is 5.56 Å². The van der Waals surface area contributed by atoms with Gasteiger partial charge in [-0.05, 0) is 62.6 Å². The summed E-state index contributed by atoms with van der Waals surface area (Å²) >= 11 is 3.35. The van der Waals surface area contributed by atoms with Crippen LogP contribution < -0.4 is 10.2 Å². The first-order valence-electron chi connectivity index (χ1n) is 7.33. The number of hydrazone groups is 1. The molecule has 0 atom stereocenters. The van der Waals surface area contributed by atoms with Gasteiger partial charge in [-0.25, -0.2) is 5.43 Å². The van der Waals surface area contributed by atoms with Crippen LogP contribution in [0, 0.1) is 0 Å². The van der Waals surface area contributed by atoms with Gasteiger partial charge in [-0.3, -0.25) is 4.79 Å². The van der Waals surface area contributed by atoms with Gasteiger partial charge in [0, 0.05) is 4.47 Å². The van der Waals surface area contributed by atoms with Crippen molar-refractivity contribution in [1.82, 2.24) is 5.43 Å². The van der Waals surface area contributed by atoms with E-state index in [-0.39, 0.29) is 5.91 Å². The molecule has 0 bridgehead atoms. The van der Waals surface area contributed by atoms with Gasteiger partial charge in [-0.15, -0.1) is 0 Å². The SMILES string of the molecule is COc1ccc2cc(/C=N\NC(=O)c3ccccc3Br)ccc2c1. The average molecular weight is 383 g/mol. The number of methoxy groups -OCH3 is 1. The Morgan fingerprint density at radius 3 is 2.62 bits per heavy atom. The Hall–Kier alpha value is -2.66. The second-order valence-corrected chi connectivity index (χ2v) is 6.01. The minimum Gasteiger partial charge on any atom is -0.497 e. The lowest BCUT2D eigenvalue weighted by atomic mass is 10.1. The van der Waals surface area contributed by atoms with Crippen molar-refractivity contribution in [3.05, 3.63) is 76.3 Å². The number of amides is 1. The van der Waals surface area contributed by atoms with E-state index in [9.17, 15) is 4.79 Å². The van der Waals surface area contributed by atoms with Crippen LogP contribution in [0.15, 0.2) is 70.2 Å². The van der Waals surface area contributed by atoms with Crippen molar-refractivity contribution in [2.45, 2.75) is 0 Å². The summed E-state index contributed by atoms with van der Waals surface area (Å²) in [5.41, 5.74) is 3.98. The summed E-state index contributed by atoms with van der Waals surface area (Å²) in [6.07, 6.45) is 1.62. The van der Waals surface area contributed by atoms with Crippen molar-refractivity contribution in [2.24, 2.45) is 5.10 Å². The Kier molecular flexibility index (Phi) is 4.91. The monoisotopic (exact) mass is 382 g/mol. The van der Waals surface area contributed by atoms with Gasteiger partial charge in [-0.2, -0.15) is 5.10 Å². The molecule has 0 aliphatic heterocycles. The number of halogens is 1. The molecule has 1 amide bonds. The predicted molar refractivity (Wildman–Crippen MR) is 99.7 cm³/mol. The van der Waals surface area contributed by atoms with Gasteiger partial charge >= 0.3 is 0 Å². The van der Waals surface area contributed by atoms with E-state index in [1.54, 1.807) is 25.5 Å². The van der Waals surface area contributed by atoms with Gasteiger partial charge in [0.2, 0.25) is 0 Å². The zero-order chi connectivity index (χ0) is 16.9. The maximum Gasteiger partial charge on any atom is 0.272 e. The third-order valence-electron chi connectivity index (χ3n) is 3.57. The Balaban J connectivity index is 1.73. The molecule has 0 spiro atoms. The van der Waals surface area contributed by atoms with Crippen LogP contribution >= 0.6 is 15.9 Å². The van der Waals surface area contributed by atoms with Crippen LogP contribution in [0.1, 0.15) is 15.9 Å². The van der Waals surface area contributed by atoms with Crippen LogP contribution in [0.2, 0.25) is 0 Å². The maximum atomic E-state index is 12.1. The number of fused-ring (bicyclic) bond motifs is 1. The first kappa shape index (κ1) is 16.2. The zero-order valence-electron chi connectivity index (χ0n) is 13.0. The Labute approximate surface area is 148 Å². The van der Waals surface area contributed by atoms with E-state index in [2.05, 4.69) is 26.5 Å². The number of carbonyl (C=O) groups excluding carboxylic acids is 1. The standard InChI is InChI=1S/C19H15BrN2O2/c1-24-16-9-8-14-10-13(6-7-15(14)11-16)12-21-22-19(23)17-4-2-3-5-18(17)20/h2-12H,1H3,(H,22,23)/b21-12-. The van der Waals surface area contributed by atoms with Gasteiger partial charge in [-0.1, -0.05) is 30.3 Å². The molecule has 0 heterocycles. The summed E-state index contributed by atoms with van der Waals surface area (Å²) in [6.45, 7) is 0. The molecular formula is C19H15BrN2O2. The van der Waals surface area contributed by atoms with Crippen LogP contribution in [0.5, 0.6) is 5.75 Å². The highest BCUT2D eigenvalue weighted by molar-refractivity contribution is 9.10. The Morgan fingerprint density at radius 2 is 1.83 bits per heavy atom. The molecule has 0 aliphatic carbocycles. The number of nitrogens with zero attached hydrogens (tertiary/aromatic N) is 1. The fraction of sp³-hybridized carbons (Fsp3) is 0.0526. The predicted octanol–water partition coefficient (Wildman–Crippen LogP) is 4.37. The number of benzene rings is 3. The molecule has 24 heavy (non-hydrogen) atoms. The van der Waals surface area contributed by atoms with Crippen molar-refractivity contribution < 1.29 is 9.53 Å². The molecule has 0 saturated heterocycles. The summed E-state index contributed by atoms with van der Waals surface area (Å²) < 4.78 is 5.95. The molecule has 0 aliphatic rings. The number of rotatable bonds is 4. The third kappa shape index (κ3) is 3.63. The number of carbonyl (C=O) groups is 1. The fourth-order valence-corrected chi connectivity index (χ4v) is 2.79. The molecule has 3 rings (SSSR count). The summed E-state index contributed by atoms with van der Waals surface area (Å²) in [4.78, 5) is 12.1. The fourth-order valence-electron chi connectivity index (χ4n) is 2.32. The molecule has 5 heteroatoms. The van der Waals surface area contributed by atoms with Gasteiger partial charge in [0.25, 0.3) is 5.91 Å². The van der Waals surface area contributed by atoms with Crippen molar-refractivity contribution in [3.8, 4) is 5.75 Å². The van der Waals surface area contributed by atoms with Crippen LogP contribution in [-0.4, -0.2) is 19.2 Å². The Morgan fingerprint density at radius 1 is 1.08 bits per heavy atom. The van der Waals surface area contributed by atoms with Crippen molar-refractivity contribution in [1.29, 1.82) is 0 Å². The Bertz CT molecular complexity index is 922. The quantitative estimate of drug-likeness (QED) is 0.537. The van der Waals surface area contributed by atoms with Crippen LogP contribution in [0.4, 0.5) is 0 Å². The molecule has 120 valence electrons. The molecule has 4 nitrogen and oxygen atoms in total. The first-order valence-corrected chi connectivity index (χ1v) is 8.12. The van der Waals surface area contributed by atoms with Crippen LogP contribution in [0.25, 0.3) is 10.8 Å². The zero-order valence-corrected chi connectivity index (χ0v) is 14.6. The summed E-state index contributed by atoms with van der Waals surface area (Å²) in [6, 6.07) is 19.0. The lowest BCUT2D eigenvalue weighted by molar-refractivity contribution is 0.0954. The summed E-state index contributed by atoms with van der Waals surface area (Å²) in [5, 5.41) is 6.20. The molecule has 1 N–H and O–H groups in total. The molecule has 3 aromatic carbocycles. The smallest absolute Gasteiger partial charge is 0.272 e. The second kappa shape index (κ2) is 7.27. The van der Waals surface area contributed by atoms with E-state index in [1.165, 1.54) is 0 Å². The highest BCUT2D eigenvalue weighted by Crippen LogP contribution is 2.21. The van der Waals surface area contributed by atoms with E-state index >= 15 is 0 Å². The number of nitrogens with one attached hydrogen (secondary N) is 1. The summed E-state index contributed by atoms with van der Waals surface area (Å²) in [5.74, 6) is 0.564. The molecular weight excluding hydrogens is 368 g/mol. The largest absolute Gasteiger partial charge is 0.497 e. The number of hydrogen-bond acceptors (Lipinski definition) is 3. The van der Waals surface area contributed by atoms with Gasteiger partial charge in [0.05, 0.1) is 18.9 Å². The molecule has 0 unspecified atom stereocenters. The average Bonchev–Trinajstić information content (AvgIpc) is 2.61. The normalized spacial score (nSPS) is 10.9. The van der Waals surface area contributed by atoms with Crippen LogP contribution in [0.3, 0.4) is 0 Å². The van der Waals surface area contributed by atoms with E-state index < -0.39 is 0 Å². The van der Waals surface area contributed by atoms with Crippen molar-refractivity contribution >= 4 is 38.8 Å². The minimum absolute atomic E-state index is 0.260. The number of ether oxygens (including phenoxy) is 1. The first-order chi connectivity index (χ1) is 11.7. The summed E-state index contributed by atoms with van der Waals surface area (Å²) in [7, 11) is 1.65. The second-order valence-electron chi connectivity index (χ2n) is 5.15. The highest BCUT2D eigenvalue weighted by Gasteiger charge is 2.07. The number of hydrogen-bond donors (Lipinski definition) is 1. The van der Waals surface area contributed by atoms with E-state index in [0.717, 1.165) is 26.6 Å². The van der Waals surface area contributed by atoms with E-state index in [1.807, 2.05) is 48.5 Å². The topological polar surface area (TPSA) is 50.7 Å². The van der Waals surface area contributed by atoms with Gasteiger partial charge in [0.1, 0.15) is 5.75 Å².